The van der Waals surface area contributed by atoms with Crippen molar-refractivity contribution in [2.24, 2.45) is 11.3 Å². The summed E-state index contributed by atoms with van der Waals surface area (Å²) in [7, 11) is 0. The van der Waals surface area contributed by atoms with Gasteiger partial charge in [0.15, 0.2) is 12.6 Å². The van der Waals surface area contributed by atoms with Crippen LogP contribution in [0.5, 0.6) is 0 Å². The van der Waals surface area contributed by atoms with Crippen LogP contribution in [0.25, 0.3) is 0 Å². The number of allylic oxidation sites excluding steroid dienone is 3. The Labute approximate surface area is 189 Å². The number of carbonyl (C=O) groups is 2. The minimum Gasteiger partial charge on any atom is -0.455 e. The van der Waals surface area contributed by atoms with Crippen LogP contribution in [0.1, 0.15) is 57.8 Å². The van der Waals surface area contributed by atoms with Crippen molar-refractivity contribution in [1.82, 2.24) is 4.98 Å². The second-order valence-corrected chi connectivity index (χ2v) is 10.1. The number of anilines is 1. The van der Waals surface area contributed by atoms with Crippen molar-refractivity contribution in [3.05, 3.63) is 36.3 Å². The monoisotopic (exact) mass is 440 g/mol. The first-order chi connectivity index (χ1) is 15.6. The Morgan fingerprint density at radius 1 is 1.19 bits per heavy atom. The lowest BCUT2D eigenvalue weighted by molar-refractivity contribution is -0.939. The van der Waals surface area contributed by atoms with E-state index in [-0.39, 0.29) is 24.0 Å². The number of rotatable bonds is 6. The lowest BCUT2D eigenvalue weighted by atomic mass is 9.73. The molecular weight excluding hydrogens is 406 g/mol. The molecule has 7 nitrogen and oxygen atoms in total. The highest BCUT2D eigenvalue weighted by atomic mass is 16.5. The highest BCUT2D eigenvalue weighted by molar-refractivity contribution is 5.89. The molecule has 1 amide bonds. The van der Waals surface area contributed by atoms with Gasteiger partial charge in [-0.2, -0.15) is 0 Å². The summed E-state index contributed by atoms with van der Waals surface area (Å²) in [5.41, 5.74) is 0.777. The molecule has 0 radical (unpaired) electrons. The van der Waals surface area contributed by atoms with E-state index in [9.17, 15) is 9.59 Å². The average molecular weight is 441 g/mol. The van der Waals surface area contributed by atoms with Crippen LogP contribution in [0.15, 0.2) is 40.7 Å². The van der Waals surface area contributed by atoms with Gasteiger partial charge >= 0.3 is 12.0 Å². The van der Waals surface area contributed by atoms with Crippen LogP contribution in [0.2, 0.25) is 0 Å². The molecule has 3 saturated heterocycles. The predicted molar refractivity (Wildman–Crippen MR) is 119 cm³/mol. The van der Waals surface area contributed by atoms with E-state index in [0.29, 0.717) is 16.9 Å². The normalized spacial score (nSPS) is 31.1. The predicted octanol–water partition coefficient (Wildman–Crippen LogP) is 3.99. The lowest BCUT2D eigenvalue weighted by Crippen LogP contribution is -2.66. The third-order valence-electron chi connectivity index (χ3n) is 8.19. The number of piperidine rings is 3. The second-order valence-electron chi connectivity index (χ2n) is 10.1. The first kappa shape index (κ1) is 21.4. The summed E-state index contributed by atoms with van der Waals surface area (Å²) in [5, 5.41) is 2.75. The average Bonchev–Trinajstić information content (AvgIpc) is 3.45. The number of oxazole rings is 1. The van der Waals surface area contributed by atoms with Gasteiger partial charge < -0.3 is 13.6 Å². The molecule has 0 spiro atoms. The molecule has 1 aromatic heterocycles. The van der Waals surface area contributed by atoms with E-state index >= 15 is 0 Å². The second kappa shape index (κ2) is 8.85. The molecule has 4 heterocycles. The standard InChI is InChI=1S/C25H33N3O4/c29-22(27-24-26-13-16-31-24)18-28-14-9-19(10-15-28)21(17-28)32-23(30)25(20-7-3-4-8-20)11-5-1-2-6-12-25/h3-4,7,13,16,19,21H,1-2,5-6,8-12,14-15,17-18H2/p+1/t19?,21-,28?/m0/s1. The van der Waals surface area contributed by atoms with E-state index in [2.05, 4.69) is 28.5 Å². The molecule has 1 N–H and O–H groups in total. The van der Waals surface area contributed by atoms with Crippen molar-refractivity contribution in [2.75, 3.05) is 31.5 Å². The molecule has 32 heavy (non-hydrogen) atoms. The van der Waals surface area contributed by atoms with E-state index < -0.39 is 5.41 Å². The van der Waals surface area contributed by atoms with Crippen molar-refractivity contribution < 1.29 is 23.2 Å². The fraction of sp³-hybridized carbons (Fsp3) is 0.640. The molecule has 1 saturated carbocycles. The van der Waals surface area contributed by atoms with Gasteiger partial charge in [0.25, 0.3) is 5.91 Å². The van der Waals surface area contributed by atoms with Gasteiger partial charge in [0.05, 0.1) is 24.7 Å². The van der Waals surface area contributed by atoms with Gasteiger partial charge in [0, 0.05) is 18.8 Å². The van der Waals surface area contributed by atoms with E-state index in [1.165, 1.54) is 30.9 Å². The zero-order valence-electron chi connectivity index (χ0n) is 18.8. The summed E-state index contributed by atoms with van der Waals surface area (Å²) in [5.74, 6) is 0.294. The molecule has 4 fully saturated rings. The summed E-state index contributed by atoms with van der Waals surface area (Å²) in [6, 6.07) is 0.233. The van der Waals surface area contributed by atoms with E-state index in [1.807, 2.05) is 0 Å². The Morgan fingerprint density at radius 2 is 1.97 bits per heavy atom. The topological polar surface area (TPSA) is 81.4 Å². The number of hydrogen-bond donors (Lipinski definition) is 1. The molecule has 6 rings (SSSR count). The van der Waals surface area contributed by atoms with Crippen LogP contribution in [0, 0.1) is 11.3 Å². The largest absolute Gasteiger partial charge is 0.455 e. The third kappa shape index (κ3) is 4.15. The highest BCUT2D eigenvalue weighted by Crippen LogP contribution is 2.46. The first-order valence-corrected chi connectivity index (χ1v) is 12.2. The molecule has 3 aliphatic heterocycles. The summed E-state index contributed by atoms with van der Waals surface area (Å²) >= 11 is 0. The lowest BCUT2D eigenvalue weighted by Gasteiger charge is -2.52. The fourth-order valence-corrected chi connectivity index (χ4v) is 6.37. The number of nitrogens with one attached hydrogen (secondary N) is 1. The van der Waals surface area contributed by atoms with Crippen molar-refractivity contribution in [2.45, 2.75) is 63.9 Å². The number of carbonyl (C=O) groups excluding carboxylic acids is 2. The summed E-state index contributed by atoms with van der Waals surface area (Å²) in [4.78, 5) is 30.4. The molecule has 0 aromatic carbocycles. The van der Waals surface area contributed by atoms with Gasteiger partial charge in [0.1, 0.15) is 12.8 Å². The fourth-order valence-electron chi connectivity index (χ4n) is 6.37. The maximum atomic E-state index is 13.7. The molecule has 172 valence electrons. The minimum atomic E-state index is -0.459. The number of aromatic nitrogens is 1. The number of nitrogens with zero attached hydrogens (tertiary/aromatic N) is 2. The van der Waals surface area contributed by atoms with Crippen LogP contribution in [0.4, 0.5) is 6.01 Å². The Hall–Kier alpha value is -2.41. The van der Waals surface area contributed by atoms with Crippen LogP contribution >= 0.6 is 0 Å². The molecule has 0 unspecified atom stereocenters. The Bertz CT molecular complexity index is 888. The maximum Gasteiger partial charge on any atom is 0.316 e. The van der Waals surface area contributed by atoms with Crippen molar-refractivity contribution in [1.29, 1.82) is 0 Å². The van der Waals surface area contributed by atoms with Gasteiger partial charge in [-0.1, -0.05) is 43.9 Å². The number of esters is 1. The molecule has 2 aliphatic carbocycles. The Balaban J connectivity index is 1.28. The zero-order chi connectivity index (χ0) is 22.0. The summed E-state index contributed by atoms with van der Waals surface area (Å²) in [6.45, 7) is 3.00. The van der Waals surface area contributed by atoms with Gasteiger partial charge in [0.2, 0.25) is 0 Å². The number of hydrogen-bond acceptors (Lipinski definition) is 5. The van der Waals surface area contributed by atoms with Gasteiger partial charge in [-0.15, -0.1) is 0 Å². The smallest absolute Gasteiger partial charge is 0.316 e. The van der Waals surface area contributed by atoms with E-state index in [4.69, 9.17) is 9.15 Å². The van der Waals surface area contributed by atoms with Gasteiger partial charge in [-0.25, -0.2) is 4.98 Å². The Morgan fingerprint density at radius 3 is 2.62 bits per heavy atom. The van der Waals surface area contributed by atoms with Crippen LogP contribution in [-0.2, 0) is 14.3 Å². The van der Waals surface area contributed by atoms with Crippen LogP contribution in [0.3, 0.4) is 0 Å². The number of amides is 1. The molecular formula is C25H34N3O4+. The van der Waals surface area contributed by atoms with Crippen LogP contribution < -0.4 is 5.32 Å². The number of fused-ring (bicyclic) bond motifs is 3. The maximum absolute atomic E-state index is 13.7. The molecule has 1 atom stereocenters. The number of ether oxygens (including phenoxy) is 1. The molecule has 1 aromatic rings. The molecule has 2 bridgehead atoms. The number of quaternary nitrogens is 1. The first-order valence-electron chi connectivity index (χ1n) is 12.2. The zero-order valence-corrected chi connectivity index (χ0v) is 18.8. The van der Waals surface area contributed by atoms with Gasteiger partial charge in [-0.05, 0) is 24.8 Å². The van der Waals surface area contributed by atoms with Crippen LogP contribution in [-0.4, -0.2) is 53.6 Å². The summed E-state index contributed by atoms with van der Waals surface area (Å²) in [6.07, 6.45) is 18.5. The minimum absolute atomic E-state index is 0.0181. The van der Waals surface area contributed by atoms with E-state index in [1.54, 1.807) is 0 Å². The van der Waals surface area contributed by atoms with Crippen molar-refractivity contribution in [3.8, 4) is 0 Å². The van der Waals surface area contributed by atoms with Crippen molar-refractivity contribution >= 4 is 17.9 Å². The molecule has 5 aliphatic rings. The Kier molecular flexibility index (Phi) is 5.93. The quantitative estimate of drug-likeness (QED) is 0.411. The molecule has 7 heteroatoms. The highest BCUT2D eigenvalue weighted by Gasteiger charge is 2.51. The van der Waals surface area contributed by atoms with Gasteiger partial charge in [-0.3, -0.25) is 14.9 Å². The SMILES string of the molecule is O=C(C[N+]12CCC(CC1)[C@@H](OC(=O)C1(C3=CC=CC3)CCCCCC1)C2)Nc1ncco1. The van der Waals surface area contributed by atoms with E-state index in [0.717, 1.165) is 64.6 Å². The van der Waals surface area contributed by atoms with Crippen molar-refractivity contribution in [3.63, 3.8) is 0 Å². The third-order valence-corrected chi connectivity index (χ3v) is 8.19. The summed E-state index contributed by atoms with van der Waals surface area (Å²) < 4.78 is 12.2.